The van der Waals surface area contributed by atoms with Crippen molar-refractivity contribution in [3.05, 3.63) is 35.9 Å². The molecule has 0 spiro atoms. The predicted molar refractivity (Wildman–Crippen MR) is 110 cm³/mol. The summed E-state index contributed by atoms with van der Waals surface area (Å²) in [4.78, 5) is 47.1. The number of alkyl carbamates (subject to hydrolysis) is 1. The van der Waals surface area contributed by atoms with Crippen molar-refractivity contribution in [3.63, 3.8) is 0 Å². The third kappa shape index (κ3) is 11.7. The summed E-state index contributed by atoms with van der Waals surface area (Å²) in [6.07, 6.45) is 0.704. The van der Waals surface area contributed by atoms with Gasteiger partial charge in [0.1, 0.15) is 12.6 Å². The first-order valence-electron chi connectivity index (χ1n) is 10.1. The van der Waals surface area contributed by atoms with Crippen molar-refractivity contribution in [2.75, 3.05) is 19.7 Å². The van der Waals surface area contributed by atoms with Crippen LogP contribution < -0.4 is 16.0 Å². The van der Waals surface area contributed by atoms with Gasteiger partial charge in [-0.15, -0.1) is 0 Å². The van der Waals surface area contributed by atoms with Crippen molar-refractivity contribution in [2.45, 2.75) is 52.2 Å². The maximum Gasteiger partial charge on any atom is 0.408 e. The lowest BCUT2D eigenvalue weighted by molar-refractivity contribution is -0.141. The lowest BCUT2D eigenvalue weighted by atomic mass is 10.1. The molecule has 1 unspecified atom stereocenters. The number of hydrogen-bond acceptors (Lipinski definition) is 6. The van der Waals surface area contributed by atoms with Crippen LogP contribution in [0.3, 0.4) is 0 Å². The SMILES string of the molecule is CCCNC(=O)C(CCC(=O)NCCCOC(C)=O)NC(=O)OCc1ccccc1. The van der Waals surface area contributed by atoms with Gasteiger partial charge in [-0.25, -0.2) is 4.79 Å². The Bertz CT molecular complexity index is 681. The zero-order chi connectivity index (χ0) is 22.2. The van der Waals surface area contributed by atoms with E-state index in [0.717, 1.165) is 12.0 Å². The van der Waals surface area contributed by atoms with E-state index in [2.05, 4.69) is 16.0 Å². The largest absolute Gasteiger partial charge is 0.466 e. The molecule has 0 fully saturated rings. The van der Waals surface area contributed by atoms with Crippen molar-refractivity contribution in [1.29, 1.82) is 0 Å². The first kappa shape index (κ1) is 24.9. The second-order valence-electron chi connectivity index (χ2n) is 6.63. The number of benzene rings is 1. The minimum Gasteiger partial charge on any atom is -0.466 e. The van der Waals surface area contributed by atoms with Crippen LogP contribution in [0.25, 0.3) is 0 Å². The number of nitrogens with one attached hydrogen (secondary N) is 3. The molecule has 0 heterocycles. The van der Waals surface area contributed by atoms with E-state index in [9.17, 15) is 19.2 Å². The van der Waals surface area contributed by atoms with Gasteiger partial charge in [0.25, 0.3) is 0 Å². The Morgan fingerprint density at radius 2 is 1.73 bits per heavy atom. The molecule has 3 amide bonds. The monoisotopic (exact) mass is 421 g/mol. The Morgan fingerprint density at radius 1 is 1.00 bits per heavy atom. The second kappa shape index (κ2) is 14.8. The summed E-state index contributed by atoms with van der Waals surface area (Å²) in [5.74, 6) is -0.991. The highest BCUT2D eigenvalue weighted by Gasteiger charge is 2.22. The summed E-state index contributed by atoms with van der Waals surface area (Å²) in [5, 5.41) is 7.93. The van der Waals surface area contributed by atoms with Gasteiger partial charge in [0.05, 0.1) is 6.61 Å². The van der Waals surface area contributed by atoms with Gasteiger partial charge >= 0.3 is 12.1 Å². The smallest absolute Gasteiger partial charge is 0.408 e. The molecular formula is C21H31N3O6. The van der Waals surface area contributed by atoms with E-state index in [1.807, 2.05) is 37.3 Å². The molecule has 0 aliphatic carbocycles. The highest BCUT2D eigenvalue weighted by atomic mass is 16.5. The number of hydrogen-bond donors (Lipinski definition) is 3. The van der Waals surface area contributed by atoms with Crippen LogP contribution in [0.5, 0.6) is 0 Å². The van der Waals surface area contributed by atoms with Gasteiger partial charge in [-0.1, -0.05) is 37.3 Å². The molecule has 0 aliphatic rings. The highest BCUT2D eigenvalue weighted by molar-refractivity contribution is 5.86. The van der Waals surface area contributed by atoms with Crippen LogP contribution in [0.4, 0.5) is 4.79 Å². The van der Waals surface area contributed by atoms with Crippen LogP contribution >= 0.6 is 0 Å². The Balaban J connectivity index is 2.44. The molecule has 0 bridgehead atoms. The molecule has 1 atom stereocenters. The molecule has 9 heteroatoms. The van der Waals surface area contributed by atoms with Crippen molar-refractivity contribution in [1.82, 2.24) is 16.0 Å². The highest BCUT2D eigenvalue weighted by Crippen LogP contribution is 2.03. The Labute approximate surface area is 176 Å². The lowest BCUT2D eigenvalue weighted by Gasteiger charge is -2.18. The minimum atomic E-state index is -0.883. The fourth-order valence-electron chi connectivity index (χ4n) is 2.43. The van der Waals surface area contributed by atoms with Crippen LogP contribution in [0.15, 0.2) is 30.3 Å². The van der Waals surface area contributed by atoms with Crippen LogP contribution in [0.2, 0.25) is 0 Å². The van der Waals surface area contributed by atoms with E-state index in [0.29, 0.717) is 19.5 Å². The van der Waals surface area contributed by atoms with E-state index in [1.54, 1.807) is 0 Å². The molecule has 3 N–H and O–H groups in total. The zero-order valence-electron chi connectivity index (χ0n) is 17.6. The maximum atomic E-state index is 12.3. The fourth-order valence-corrected chi connectivity index (χ4v) is 2.43. The molecule has 0 saturated carbocycles. The summed E-state index contributed by atoms with van der Waals surface area (Å²) in [7, 11) is 0. The Morgan fingerprint density at radius 3 is 2.40 bits per heavy atom. The van der Waals surface area contributed by atoms with E-state index < -0.39 is 12.1 Å². The number of rotatable bonds is 13. The quantitative estimate of drug-likeness (QED) is 0.329. The minimum absolute atomic E-state index is 0.0523. The van der Waals surface area contributed by atoms with E-state index in [4.69, 9.17) is 9.47 Å². The van der Waals surface area contributed by atoms with Gasteiger partial charge in [0, 0.05) is 26.4 Å². The summed E-state index contributed by atoms with van der Waals surface area (Å²) in [5.41, 5.74) is 0.827. The number of ether oxygens (including phenoxy) is 2. The average Bonchev–Trinajstić information content (AvgIpc) is 2.73. The topological polar surface area (TPSA) is 123 Å². The molecule has 30 heavy (non-hydrogen) atoms. The zero-order valence-corrected chi connectivity index (χ0v) is 17.6. The van der Waals surface area contributed by atoms with Gasteiger partial charge < -0.3 is 25.4 Å². The summed E-state index contributed by atoms with van der Waals surface area (Å²) in [6, 6.07) is 8.30. The standard InChI is InChI=1S/C21H31N3O6/c1-3-12-23-20(27)18(10-11-19(26)22-13-7-14-29-16(2)25)24-21(28)30-15-17-8-5-4-6-9-17/h4-6,8-9,18H,3,7,10-15H2,1-2H3,(H,22,26)(H,23,27)(H,24,28). The van der Waals surface area contributed by atoms with Crippen molar-refractivity contribution in [2.24, 2.45) is 0 Å². The van der Waals surface area contributed by atoms with Crippen LogP contribution in [-0.4, -0.2) is 49.6 Å². The first-order chi connectivity index (χ1) is 14.4. The number of esters is 1. The Hall–Kier alpha value is -3.10. The molecule has 1 aromatic carbocycles. The molecule has 166 valence electrons. The van der Waals surface area contributed by atoms with Crippen molar-refractivity contribution >= 4 is 23.9 Å². The van der Waals surface area contributed by atoms with Gasteiger partial charge in [-0.3, -0.25) is 14.4 Å². The third-order valence-corrected chi connectivity index (χ3v) is 3.98. The van der Waals surface area contributed by atoms with E-state index in [-0.39, 0.29) is 43.8 Å². The maximum absolute atomic E-state index is 12.3. The normalized spacial score (nSPS) is 11.1. The molecule has 0 aromatic heterocycles. The number of carbonyl (C=O) groups excluding carboxylic acids is 4. The van der Waals surface area contributed by atoms with E-state index >= 15 is 0 Å². The van der Waals surface area contributed by atoms with Crippen molar-refractivity contribution in [3.8, 4) is 0 Å². The predicted octanol–water partition coefficient (Wildman–Crippen LogP) is 1.66. The fraction of sp³-hybridized carbons (Fsp3) is 0.524. The van der Waals surface area contributed by atoms with E-state index in [1.165, 1.54) is 6.92 Å². The molecule has 0 aliphatic heterocycles. The molecule has 0 saturated heterocycles. The Kier molecular flexibility index (Phi) is 12.3. The van der Waals surface area contributed by atoms with Gasteiger partial charge in [-0.2, -0.15) is 0 Å². The molecular weight excluding hydrogens is 390 g/mol. The molecule has 1 aromatic rings. The molecule has 9 nitrogen and oxygen atoms in total. The van der Waals surface area contributed by atoms with Crippen molar-refractivity contribution < 1.29 is 28.7 Å². The number of amides is 3. The summed E-state index contributed by atoms with van der Waals surface area (Å²) in [6.45, 7) is 4.37. The first-order valence-corrected chi connectivity index (χ1v) is 10.1. The molecule has 0 radical (unpaired) electrons. The van der Waals surface area contributed by atoms with Gasteiger partial charge in [-0.05, 0) is 24.8 Å². The van der Waals surface area contributed by atoms with Crippen LogP contribution in [0, 0.1) is 0 Å². The van der Waals surface area contributed by atoms with Crippen LogP contribution in [0.1, 0.15) is 45.1 Å². The average molecular weight is 421 g/mol. The summed E-state index contributed by atoms with van der Waals surface area (Å²) >= 11 is 0. The second-order valence-corrected chi connectivity index (χ2v) is 6.63. The van der Waals surface area contributed by atoms with Gasteiger partial charge in [0.15, 0.2) is 0 Å². The number of carbonyl (C=O) groups is 4. The summed E-state index contributed by atoms with van der Waals surface area (Å²) < 4.78 is 9.94. The molecule has 1 rings (SSSR count). The van der Waals surface area contributed by atoms with Gasteiger partial charge in [0.2, 0.25) is 11.8 Å². The third-order valence-electron chi connectivity index (χ3n) is 3.98. The van der Waals surface area contributed by atoms with Crippen LogP contribution in [-0.2, 0) is 30.5 Å². The lowest BCUT2D eigenvalue weighted by Crippen LogP contribution is -2.47.